The lowest BCUT2D eigenvalue weighted by molar-refractivity contribution is 0.102. The standard InChI is InChI=1S/C30H23N7O/c31-22-10-6-9-21(18-22)29(38)33-24-13-7-8-20(19-24)28-27(26-14-4-5-17-37(26)36-28)25-15-16-32-30(35-25)34-23-11-2-1-3-12-23/h1-19H,31H2,(H,33,38)(H,32,34,35). The quantitative estimate of drug-likeness (QED) is 0.242. The zero-order valence-electron chi connectivity index (χ0n) is 20.2. The number of hydrogen-bond acceptors (Lipinski definition) is 6. The van der Waals surface area contributed by atoms with Crippen LogP contribution in [-0.2, 0) is 0 Å². The average Bonchev–Trinajstić information content (AvgIpc) is 3.34. The summed E-state index contributed by atoms with van der Waals surface area (Å²) in [6.07, 6.45) is 3.63. The van der Waals surface area contributed by atoms with Gasteiger partial charge in [-0.25, -0.2) is 14.5 Å². The predicted octanol–water partition coefficient (Wildman–Crippen LogP) is 6.04. The third-order valence-corrected chi connectivity index (χ3v) is 6.02. The number of para-hydroxylation sites is 1. The van der Waals surface area contributed by atoms with E-state index in [1.54, 1.807) is 30.5 Å². The summed E-state index contributed by atoms with van der Waals surface area (Å²) in [6, 6.07) is 32.0. The number of nitrogens with two attached hydrogens (primary N) is 1. The predicted molar refractivity (Wildman–Crippen MR) is 150 cm³/mol. The molecule has 0 saturated carbocycles. The number of carbonyl (C=O) groups is 1. The molecule has 3 aromatic carbocycles. The first-order valence-electron chi connectivity index (χ1n) is 12.0. The number of fused-ring (bicyclic) bond motifs is 1. The summed E-state index contributed by atoms with van der Waals surface area (Å²) >= 11 is 0. The summed E-state index contributed by atoms with van der Waals surface area (Å²) in [5.74, 6) is 0.246. The molecular formula is C30H23N7O. The summed E-state index contributed by atoms with van der Waals surface area (Å²) in [7, 11) is 0. The lowest BCUT2D eigenvalue weighted by Crippen LogP contribution is -2.12. The van der Waals surface area contributed by atoms with Crippen LogP contribution in [0.25, 0.3) is 28.0 Å². The number of rotatable bonds is 6. The summed E-state index contributed by atoms with van der Waals surface area (Å²) in [5.41, 5.74) is 12.5. The van der Waals surface area contributed by atoms with Crippen molar-refractivity contribution in [2.45, 2.75) is 0 Å². The van der Waals surface area contributed by atoms with Crippen LogP contribution in [0.15, 0.2) is 116 Å². The smallest absolute Gasteiger partial charge is 0.255 e. The largest absolute Gasteiger partial charge is 0.399 e. The Hall–Kier alpha value is -5.50. The Morgan fingerprint density at radius 3 is 2.50 bits per heavy atom. The second-order valence-corrected chi connectivity index (χ2v) is 8.67. The van der Waals surface area contributed by atoms with Crippen molar-refractivity contribution in [1.82, 2.24) is 19.6 Å². The van der Waals surface area contributed by atoms with Gasteiger partial charge < -0.3 is 16.4 Å². The average molecular weight is 498 g/mol. The number of aromatic nitrogens is 4. The van der Waals surface area contributed by atoms with Gasteiger partial charge in [-0.2, -0.15) is 5.10 Å². The van der Waals surface area contributed by atoms with E-state index in [1.807, 2.05) is 89.6 Å². The zero-order valence-corrected chi connectivity index (χ0v) is 20.2. The molecule has 0 saturated heterocycles. The van der Waals surface area contributed by atoms with E-state index in [0.717, 1.165) is 33.7 Å². The Balaban J connectivity index is 1.39. The summed E-state index contributed by atoms with van der Waals surface area (Å²) < 4.78 is 1.83. The van der Waals surface area contributed by atoms with Gasteiger partial charge in [0.1, 0.15) is 5.69 Å². The first kappa shape index (κ1) is 22.9. The van der Waals surface area contributed by atoms with E-state index in [-0.39, 0.29) is 5.91 Å². The Kier molecular flexibility index (Phi) is 5.95. The fourth-order valence-electron chi connectivity index (χ4n) is 4.29. The number of benzene rings is 3. The summed E-state index contributed by atoms with van der Waals surface area (Å²) in [5, 5.41) is 11.1. The van der Waals surface area contributed by atoms with Gasteiger partial charge in [0.25, 0.3) is 5.91 Å². The molecule has 0 atom stereocenters. The number of pyridine rings is 1. The van der Waals surface area contributed by atoms with Gasteiger partial charge in [0.05, 0.1) is 16.8 Å². The number of anilines is 4. The maximum atomic E-state index is 12.8. The molecule has 6 rings (SSSR count). The molecule has 0 aliphatic carbocycles. The van der Waals surface area contributed by atoms with E-state index in [2.05, 4.69) is 15.6 Å². The lowest BCUT2D eigenvalue weighted by Gasteiger charge is -2.09. The van der Waals surface area contributed by atoms with Crippen molar-refractivity contribution >= 4 is 34.4 Å². The van der Waals surface area contributed by atoms with Crippen LogP contribution in [0.5, 0.6) is 0 Å². The molecular weight excluding hydrogens is 474 g/mol. The molecule has 38 heavy (non-hydrogen) atoms. The molecule has 0 aliphatic heterocycles. The minimum atomic E-state index is -0.239. The number of hydrogen-bond donors (Lipinski definition) is 3. The molecule has 8 nitrogen and oxygen atoms in total. The van der Waals surface area contributed by atoms with E-state index in [1.165, 1.54) is 0 Å². The molecule has 3 aromatic heterocycles. The van der Waals surface area contributed by atoms with Crippen molar-refractivity contribution in [1.29, 1.82) is 0 Å². The Labute approximate surface area is 218 Å². The molecule has 0 aliphatic rings. The molecule has 3 heterocycles. The van der Waals surface area contributed by atoms with E-state index >= 15 is 0 Å². The van der Waals surface area contributed by atoms with Crippen LogP contribution in [0.1, 0.15) is 10.4 Å². The van der Waals surface area contributed by atoms with Gasteiger partial charge in [0.2, 0.25) is 5.95 Å². The lowest BCUT2D eigenvalue weighted by atomic mass is 10.0. The van der Waals surface area contributed by atoms with Crippen LogP contribution in [0.2, 0.25) is 0 Å². The third-order valence-electron chi connectivity index (χ3n) is 6.02. The minimum Gasteiger partial charge on any atom is -0.399 e. The van der Waals surface area contributed by atoms with Crippen LogP contribution in [0.3, 0.4) is 0 Å². The first-order valence-corrected chi connectivity index (χ1v) is 12.0. The fourth-order valence-corrected chi connectivity index (χ4v) is 4.29. The molecule has 0 fully saturated rings. The van der Waals surface area contributed by atoms with Gasteiger partial charge in [0, 0.05) is 40.6 Å². The van der Waals surface area contributed by atoms with Crippen molar-refractivity contribution in [3.8, 4) is 22.5 Å². The van der Waals surface area contributed by atoms with Gasteiger partial charge >= 0.3 is 0 Å². The molecule has 0 unspecified atom stereocenters. The minimum absolute atomic E-state index is 0.239. The Bertz CT molecular complexity index is 1760. The maximum absolute atomic E-state index is 12.8. The summed E-state index contributed by atoms with van der Waals surface area (Å²) in [4.78, 5) is 22.0. The zero-order chi connectivity index (χ0) is 25.9. The van der Waals surface area contributed by atoms with Crippen molar-refractivity contribution in [2.75, 3.05) is 16.4 Å². The Morgan fingerprint density at radius 1 is 0.816 bits per heavy atom. The van der Waals surface area contributed by atoms with Crippen LogP contribution in [0, 0.1) is 0 Å². The van der Waals surface area contributed by atoms with Crippen LogP contribution >= 0.6 is 0 Å². The Morgan fingerprint density at radius 2 is 1.63 bits per heavy atom. The van der Waals surface area contributed by atoms with E-state index in [0.29, 0.717) is 22.9 Å². The number of amides is 1. The second kappa shape index (κ2) is 9.87. The number of nitrogens with one attached hydrogen (secondary N) is 2. The number of nitrogens with zero attached hydrogens (tertiary/aromatic N) is 4. The van der Waals surface area contributed by atoms with Crippen LogP contribution in [0.4, 0.5) is 23.0 Å². The third kappa shape index (κ3) is 4.66. The van der Waals surface area contributed by atoms with E-state index in [4.69, 9.17) is 15.8 Å². The molecule has 0 radical (unpaired) electrons. The first-order chi connectivity index (χ1) is 18.6. The highest BCUT2D eigenvalue weighted by Crippen LogP contribution is 2.35. The monoisotopic (exact) mass is 497 g/mol. The van der Waals surface area contributed by atoms with Gasteiger partial charge in [-0.15, -0.1) is 0 Å². The molecule has 184 valence electrons. The van der Waals surface area contributed by atoms with Crippen molar-refractivity contribution in [3.05, 3.63) is 121 Å². The van der Waals surface area contributed by atoms with Crippen LogP contribution in [-0.4, -0.2) is 25.5 Å². The highest BCUT2D eigenvalue weighted by Gasteiger charge is 2.19. The second-order valence-electron chi connectivity index (χ2n) is 8.67. The molecule has 0 spiro atoms. The normalized spacial score (nSPS) is 10.8. The molecule has 4 N–H and O–H groups in total. The number of carbonyl (C=O) groups excluding carboxylic acids is 1. The topological polar surface area (TPSA) is 110 Å². The van der Waals surface area contributed by atoms with Crippen LogP contribution < -0.4 is 16.4 Å². The SMILES string of the molecule is Nc1cccc(C(=O)Nc2cccc(-c3nn4ccccc4c3-c3ccnc(Nc4ccccc4)n3)c2)c1. The van der Waals surface area contributed by atoms with Crippen molar-refractivity contribution in [3.63, 3.8) is 0 Å². The van der Waals surface area contributed by atoms with Gasteiger partial charge in [-0.1, -0.05) is 42.5 Å². The molecule has 6 aromatic rings. The fraction of sp³-hybridized carbons (Fsp3) is 0. The van der Waals surface area contributed by atoms with Crippen molar-refractivity contribution in [2.24, 2.45) is 0 Å². The highest BCUT2D eigenvalue weighted by molar-refractivity contribution is 6.05. The highest BCUT2D eigenvalue weighted by atomic mass is 16.1. The summed E-state index contributed by atoms with van der Waals surface area (Å²) in [6.45, 7) is 0. The van der Waals surface area contributed by atoms with Gasteiger partial charge in [0.15, 0.2) is 0 Å². The van der Waals surface area contributed by atoms with Crippen molar-refractivity contribution < 1.29 is 4.79 Å². The molecule has 1 amide bonds. The van der Waals surface area contributed by atoms with Gasteiger partial charge in [-0.3, -0.25) is 4.79 Å². The number of nitrogen functional groups attached to an aromatic ring is 1. The molecule has 0 bridgehead atoms. The van der Waals surface area contributed by atoms with E-state index in [9.17, 15) is 4.79 Å². The maximum Gasteiger partial charge on any atom is 0.255 e. The van der Waals surface area contributed by atoms with Gasteiger partial charge in [-0.05, 0) is 60.7 Å². The molecule has 8 heteroatoms. The van der Waals surface area contributed by atoms with E-state index < -0.39 is 0 Å².